The lowest BCUT2D eigenvalue weighted by Gasteiger charge is -2.25. The van der Waals surface area contributed by atoms with Crippen LogP contribution in [-0.4, -0.2) is 22.0 Å². The smallest absolute Gasteiger partial charge is 0.314 e. The van der Waals surface area contributed by atoms with Gasteiger partial charge in [-0.15, -0.1) is 0 Å². The van der Waals surface area contributed by atoms with Crippen molar-refractivity contribution in [1.82, 2.24) is 4.98 Å². The van der Waals surface area contributed by atoms with Gasteiger partial charge in [-0.25, -0.2) is 4.98 Å². The number of hydrogen-bond acceptors (Lipinski definition) is 4. The van der Waals surface area contributed by atoms with E-state index in [1.807, 2.05) is 0 Å². The Morgan fingerprint density at radius 2 is 1.86 bits per heavy atom. The first-order valence-electron chi connectivity index (χ1n) is 8.27. The first kappa shape index (κ1) is 19.9. The number of oxazole rings is 1. The molecule has 0 fully saturated rings. The van der Waals surface area contributed by atoms with Gasteiger partial charge in [0.1, 0.15) is 0 Å². The molecule has 1 amide bonds. The zero-order valence-corrected chi connectivity index (χ0v) is 16.3. The van der Waals surface area contributed by atoms with E-state index in [1.54, 1.807) is 36.5 Å². The average molecular weight is 419 g/mol. The first-order chi connectivity index (χ1) is 13.3. The third kappa shape index (κ3) is 4.18. The minimum absolute atomic E-state index is 0.232. The number of halogens is 2. The molecular weight excluding hydrogens is 403 g/mol. The van der Waals surface area contributed by atoms with Crippen molar-refractivity contribution in [3.8, 4) is 11.3 Å². The lowest BCUT2D eigenvalue weighted by molar-refractivity contribution is -0.145. The Bertz CT molecular complexity index is 1000. The van der Waals surface area contributed by atoms with E-state index in [4.69, 9.17) is 27.6 Å². The number of carbonyl (C=O) groups is 2. The van der Waals surface area contributed by atoms with Gasteiger partial charge in [0, 0.05) is 17.7 Å². The van der Waals surface area contributed by atoms with E-state index in [2.05, 4.69) is 10.3 Å². The van der Waals surface area contributed by atoms with Gasteiger partial charge in [-0.05, 0) is 48.9 Å². The van der Waals surface area contributed by atoms with E-state index >= 15 is 0 Å². The van der Waals surface area contributed by atoms with Crippen molar-refractivity contribution in [2.75, 3.05) is 5.32 Å². The van der Waals surface area contributed by atoms with Gasteiger partial charge in [0.25, 0.3) is 0 Å². The third-order valence-electron chi connectivity index (χ3n) is 4.43. The Balaban J connectivity index is 1.75. The molecule has 2 N–H and O–H groups in total. The lowest BCUT2D eigenvalue weighted by atomic mass is 9.79. The van der Waals surface area contributed by atoms with Crippen LogP contribution in [0.2, 0.25) is 10.0 Å². The Kier molecular flexibility index (Phi) is 5.72. The molecule has 1 atom stereocenters. The Hall–Kier alpha value is -2.83. The second kappa shape index (κ2) is 8.04. The summed E-state index contributed by atoms with van der Waals surface area (Å²) in [5.41, 5.74) is 0.278. The molecule has 1 unspecified atom stereocenters. The van der Waals surface area contributed by atoms with E-state index in [0.717, 1.165) is 5.56 Å². The second-order valence-corrected chi connectivity index (χ2v) is 7.25. The van der Waals surface area contributed by atoms with E-state index in [9.17, 15) is 14.7 Å². The summed E-state index contributed by atoms with van der Waals surface area (Å²) in [4.78, 5) is 28.3. The van der Waals surface area contributed by atoms with Crippen molar-refractivity contribution in [3.05, 3.63) is 70.7 Å². The number of amides is 1. The normalized spacial score (nSPS) is 13.0. The molecule has 0 spiro atoms. The minimum Gasteiger partial charge on any atom is -0.481 e. The number of rotatable bonds is 6. The van der Waals surface area contributed by atoms with Crippen LogP contribution in [0.25, 0.3) is 11.3 Å². The van der Waals surface area contributed by atoms with Gasteiger partial charge in [-0.1, -0.05) is 29.3 Å². The largest absolute Gasteiger partial charge is 0.481 e. The molecule has 8 heteroatoms. The highest BCUT2D eigenvalue weighted by Gasteiger charge is 2.38. The van der Waals surface area contributed by atoms with Crippen LogP contribution in [0.4, 0.5) is 5.69 Å². The van der Waals surface area contributed by atoms with Crippen LogP contribution in [0.5, 0.6) is 0 Å². The van der Waals surface area contributed by atoms with Crippen molar-refractivity contribution in [2.24, 2.45) is 0 Å². The monoisotopic (exact) mass is 418 g/mol. The number of anilines is 1. The van der Waals surface area contributed by atoms with Crippen molar-refractivity contribution >= 4 is 40.8 Å². The average Bonchev–Trinajstić information content (AvgIpc) is 3.19. The number of benzene rings is 2. The van der Waals surface area contributed by atoms with Crippen LogP contribution in [0, 0.1) is 0 Å². The van der Waals surface area contributed by atoms with Crippen molar-refractivity contribution < 1.29 is 19.1 Å². The van der Waals surface area contributed by atoms with Gasteiger partial charge in [-0.3, -0.25) is 9.59 Å². The Morgan fingerprint density at radius 3 is 2.43 bits per heavy atom. The topological polar surface area (TPSA) is 92.4 Å². The van der Waals surface area contributed by atoms with Crippen LogP contribution in [0.3, 0.4) is 0 Å². The van der Waals surface area contributed by atoms with Crippen LogP contribution < -0.4 is 5.32 Å². The Morgan fingerprint density at radius 1 is 1.14 bits per heavy atom. The molecule has 0 saturated carbocycles. The molecule has 0 aliphatic heterocycles. The molecule has 3 aromatic rings. The number of carboxylic acid groups (broad SMARTS) is 1. The standard InChI is InChI=1S/C20H16Cl2N2O4/c1-20(19(26)27,13-4-7-15(21)16(22)8-13)9-18(25)24-14-5-2-12(3-6-14)17-10-23-11-28-17/h2-8,10-11H,9H2,1H3,(H,24,25)(H,26,27). The van der Waals surface area contributed by atoms with Crippen LogP contribution in [0.15, 0.2) is 59.5 Å². The maximum absolute atomic E-state index is 12.5. The van der Waals surface area contributed by atoms with Gasteiger partial charge >= 0.3 is 5.97 Å². The summed E-state index contributed by atoms with van der Waals surface area (Å²) in [6.45, 7) is 1.47. The fraction of sp³-hybridized carbons (Fsp3) is 0.150. The molecule has 28 heavy (non-hydrogen) atoms. The summed E-state index contributed by atoms with van der Waals surface area (Å²) < 4.78 is 5.22. The summed E-state index contributed by atoms with van der Waals surface area (Å²) >= 11 is 11.9. The summed E-state index contributed by atoms with van der Waals surface area (Å²) in [5.74, 6) is -0.971. The van der Waals surface area contributed by atoms with Crippen LogP contribution in [-0.2, 0) is 15.0 Å². The van der Waals surface area contributed by atoms with Gasteiger partial charge in [0.05, 0.1) is 21.7 Å². The molecule has 0 saturated heterocycles. The highest BCUT2D eigenvalue weighted by Crippen LogP contribution is 2.33. The van der Waals surface area contributed by atoms with Crippen molar-refractivity contribution in [3.63, 3.8) is 0 Å². The SMILES string of the molecule is CC(CC(=O)Nc1ccc(-c2cnco2)cc1)(C(=O)O)c1ccc(Cl)c(Cl)c1. The highest BCUT2D eigenvalue weighted by molar-refractivity contribution is 6.42. The summed E-state index contributed by atoms with van der Waals surface area (Å²) in [6.07, 6.45) is 2.65. The molecule has 3 rings (SSSR count). The predicted octanol–water partition coefficient (Wildman–Crippen LogP) is 5.02. The molecule has 1 heterocycles. The Labute approximate surface area is 171 Å². The van der Waals surface area contributed by atoms with Gasteiger partial charge in [0.2, 0.25) is 5.91 Å². The van der Waals surface area contributed by atoms with Crippen LogP contribution >= 0.6 is 23.2 Å². The predicted molar refractivity (Wildman–Crippen MR) is 107 cm³/mol. The summed E-state index contributed by atoms with van der Waals surface area (Å²) in [5, 5.41) is 13.0. The lowest BCUT2D eigenvalue weighted by Crippen LogP contribution is -2.36. The van der Waals surface area contributed by atoms with E-state index in [0.29, 0.717) is 22.0 Å². The van der Waals surface area contributed by atoms with Gasteiger partial charge < -0.3 is 14.8 Å². The number of hydrogen-bond donors (Lipinski definition) is 2. The quantitative estimate of drug-likeness (QED) is 0.585. The minimum atomic E-state index is -1.46. The van der Waals surface area contributed by atoms with Crippen molar-refractivity contribution in [2.45, 2.75) is 18.8 Å². The van der Waals surface area contributed by atoms with Gasteiger partial charge in [-0.2, -0.15) is 0 Å². The molecule has 1 aromatic heterocycles. The van der Waals surface area contributed by atoms with E-state index in [-0.39, 0.29) is 11.4 Å². The van der Waals surface area contributed by atoms with Crippen LogP contribution in [0.1, 0.15) is 18.9 Å². The van der Waals surface area contributed by atoms with Crippen molar-refractivity contribution in [1.29, 1.82) is 0 Å². The zero-order chi connectivity index (χ0) is 20.3. The summed E-state index contributed by atoms with van der Waals surface area (Å²) in [6, 6.07) is 11.5. The number of aliphatic carboxylic acids is 1. The molecule has 0 aliphatic rings. The third-order valence-corrected chi connectivity index (χ3v) is 5.17. The number of carboxylic acids is 1. The zero-order valence-electron chi connectivity index (χ0n) is 14.8. The molecule has 2 aromatic carbocycles. The molecule has 6 nitrogen and oxygen atoms in total. The van der Waals surface area contributed by atoms with E-state index < -0.39 is 17.3 Å². The first-order valence-corrected chi connectivity index (χ1v) is 9.03. The summed E-state index contributed by atoms with van der Waals surface area (Å²) in [7, 11) is 0. The molecule has 0 aliphatic carbocycles. The fourth-order valence-corrected chi connectivity index (χ4v) is 3.04. The fourth-order valence-electron chi connectivity index (χ4n) is 2.74. The molecule has 144 valence electrons. The number of nitrogens with zero attached hydrogens (tertiary/aromatic N) is 1. The maximum Gasteiger partial charge on any atom is 0.314 e. The number of aromatic nitrogens is 1. The van der Waals surface area contributed by atoms with E-state index in [1.165, 1.54) is 25.5 Å². The second-order valence-electron chi connectivity index (χ2n) is 6.43. The van der Waals surface area contributed by atoms with Gasteiger partial charge in [0.15, 0.2) is 12.2 Å². The molecule has 0 bridgehead atoms. The molecule has 0 radical (unpaired) electrons. The molecular formula is C20H16Cl2N2O4. The highest BCUT2D eigenvalue weighted by atomic mass is 35.5. The number of nitrogens with one attached hydrogen (secondary N) is 1. The maximum atomic E-state index is 12.5. The number of carbonyl (C=O) groups excluding carboxylic acids is 1.